The maximum Gasteiger partial charge on any atom is 0.414 e. The molecule has 2 N–H and O–H groups in total. The Bertz CT molecular complexity index is 788. The summed E-state index contributed by atoms with van der Waals surface area (Å²) >= 11 is 0. The third-order valence-corrected chi connectivity index (χ3v) is 2.96. The van der Waals surface area contributed by atoms with Gasteiger partial charge in [-0.25, -0.2) is 9.59 Å². The molecule has 8 heteroatoms. The van der Waals surface area contributed by atoms with Gasteiger partial charge >= 0.3 is 12.1 Å². The van der Waals surface area contributed by atoms with E-state index in [1.54, 1.807) is 26.8 Å². The number of furan rings is 1. The van der Waals surface area contributed by atoms with Crippen LogP contribution < -0.4 is 5.32 Å². The van der Waals surface area contributed by atoms with Crippen molar-refractivity contribution in [1.82, 2.24) is 4.98 Å². The predicted molar refractivity (Wildman–Crippen MR) is 85.2 cm³/mol. The molecule has 0 atom stereocenters. The predicted octanol–water partition coefficient (Wildman–Crippen LogP) is 3.00. The first-order chi connectivity index (χ1) is 11.2. The van der Waals surface area contributed by atoms with Crippen molar-refractivity contribution in [2.75, 3.05) is 5.32 Å². The molecule has 24 heavy (non-hydrogen) atoms. The van der Waals surface area contributed by atoms with Crippen LogP contribution in [0.15, 0.2) is 16.7 Å². The number of anilines is 1. The largest absolute Gasteiger partial charge is 0.477 e. The highest BCUT2D eigenvalue weighted by Crippen LogP contribution is 2.29. The average Bonchev–Trinajstić information content (AvgIpc) is 2.79. The summed E-state index contributed by atoms with van der Waals surface area (Å²) in [4.78, 5) is 37.8. The molecule has 2 aromatic rings. The van der Waals surface area contributed by atoms with Crippen LogP contribution >= 0.6 is 0 Å². The normalized spacial score (nSPS) is 11.3. The lowest BCUT2D eigenvalue weighted by atomic mass is 10.1. The number of carboxylic acid groups (broad SMARTS) is 1. The zero-order valence-corrected chi connectivity index (χ0v) is 13.6. The van der Waals surface area contributed by atoms with Crippen LogP contribution in [-0.4, -0.2) is 34.0 Å². The van der Waals surface area contributed by atoms with Crippen molar-refractivity contribution in [3.05, 3.63) is 23.4 Å². The van der Waals surface area contributed by atoms with Gasteiger partial charge in [0.2, 0.25) is 5.88 Å². The number of ether oxygens (including phenoxy) is 1. The fourth-order valence-corrected chi connectivity index (χ4v) is 2.06. The summed E-state index contributed by atoms with van der Waals surface area (Å²) in [5, 5.41) is 11.7. The Morgan fingerprint density at radius 1 is 1.42 bits per heavy atom. The Labute approximate surface area is 137 Å². The van der Waals surface area contributed by atoms with E-state index in [0.717, 1.165) is 11.8 Å². The minimum Gasteiger partial charge on any atom is -0.477 e. The molecule has 0 bridgehead atoms. The number of carboxylic acids is 1. The van der Waals surface area contributed by atoms with Gasteiger partial charge in [-0.15, -0.1) is 0 Å². The molecule has 2 aromatic heterocycles. The van der Waals surface area contributed by atoms with Gasteiger partial charge in [-0.2, -0.15) is 0 Å². The number of pyridine rings is 1. The van der Waals surface area contributed by atoms with Crippen LogP contribution in [0, 0.1) is 0 Å². The summed E-state index contributed by atoms with van der Waals surface area (Å²) in [7, 11) is 0. The number of carbonyl (C=O) groups is 3. The number of aromatic nitrogens is 1. The summed E-state index contributed by atoms with van der Waals surface area (Å²) in [6.07, 6.45) is 2.22. The highest BCUT2D eigenvalue weighted by atomic mass is 16.6. The summed E-state index contributed by atoms with van der Waals surface area (Å²) in [5.41, 5.74) is 0.0619. The van der Waals surface area contributed by atoms with Crippen LogP contribution in [0.5, 0.6) is 0 Å². The van der Waals surface area contributed by atoms with Crippen LogP contribution in [0.1, 0.15) is 43.1 Å². The zero-order valence-electron chi connectivity index (χ0n) is 13.6. The lowest BCUT2D eigenvalue weighted by molar-refractivity contribution is -0.107. The van der Waals surface area contributed by atoms with Gasteiger partial charge < -0.3 is 19.1 Å². The van der Waals surface area contributed by atoms with Gasteiger partial charge in [0.05, 0.1) is 0 Å². The summed E-state index contributed by atoms with van der Waals surface area (Å²) in [6, 6.07) is 1.60. The Hall–Kier alpha value is -2.90. The fourth-order valence-electron chi connectivity index (χ4n) is 2.06. The van der Waals surface area contributed by atoms with Crippen molar-refractivity contribution in [2.45, 2.75) is 39.2 Å². The number of aldehydes is 1. The topological polar surface area (TPSA) is 119 Å². The van der Waals surface area contributed by atoms with Crippen LogP contribution in [-0.2, 0) is 16.0 Å². The van der Waals surface area contributed by atoms with Gasteiger partial charge in [-0.3, -0.25) is 10.3 Å². The lowest BCUT2D eigenvalue weighted by Gasteiger charge is -2.19. The number of nitrogens with one attached hydrogen (secondary N) is 1. The minimum atomic E-state index is -1.28. The minimum absolute atomic E-state index is 0.114. The van der Waals surface area contributed by atoms with E-state index in [9.17, 15) is 19.5 Å². The molecule has 0 fully saturated rings. The van der Waals surface area contributed by atoms with E-state index in [-0.39, 0.29) is 22.5 Å². The Kier molecular flexibility index (Phi) is 4.87. The third kappa shape index (κ3) is 4.09. The maximum atomic E-state index is 11.8. The molecule has 1 amide bonds. The van der Waals surface area contributed by atoms with Gasteiger partial charge in [-0.1, -0.05) is 0 Å². The number of nitrogens with zero attached hydrogens (tertiary/aromatic N) is 1. The number of carbonyl (C=O) groups excluding carboxylic acids is 2. The highest BCUT2D eigenvalue weighted by Gasteiger charge is 2.25. The van der Waals surface area contributed by atoms with E-state index in [4.69, 9.17) is 9.15 Å². The van der Waals surface area contributed by atoms with Gasteiger partial charge in [0.1, 0.15) is 23.0 Å². The number of rotatable bonds is 5. The Morgan fingerprint density at radius 2 is 2.12 bits per heavy atom. The first-order valence-corrected chi connectivity index (χ1v) is 7.29. The van der Waals surface area contributed by atoms with Gasteiger partial charge in [-0.05, 0) is 38.8 Å². The number of hydrogen-bond acceptors (Lipinski definition) is 6. The van der Waals surface area contributed by atoms with E-state index in [1.807, 2.05) is 0 Å². The molecule has 128 valence electrons. The van der Waals surface area contributed by atoms with Gasteiger partial charge in [0.15, 0.2) is 5.58 Å². The molecular weight excluding hydrogens is 316 g/mol. The molecule has 0 unspecified atom stereocenters. The fraction of sp³-hybridized carbons (Fsp3) is 0.375. The number of amides is 1. The van der Waals surface area contributed by atoms with Crippen LogP contribution in [0.2, 0.25) is 0 Å². The van der Waals surface area contributed by atoms with E-state index in [2.05, 4.69) is 10.3 Å². The molecule has 0 aliphatic heterocycles. The van der Waals surface area contributed by atoms with Crippen LogP contribution in [0.4, 0.5) is 10.7 Å². The van der Waals surface area contributed by atoms with Crippen molar-refractivity contribution in [1.29, 1.82) is 0 Å². The summed E-state index contributed by atoms with van der Waals surface area (Å²) in [6.45, 7) is 5.05. The molecule has 0 spiro atoms. The van der Waals surface area contributed by atoms with Crippen LogP contribution in [0.25, 0.3) is 11.1 Å². The number of aryl methyl sites for hydroxylation is 1. The number of fused-ring (bicyclic) bond motifs is 1. The quantitative estimate of drug-likeness (QED) is 0.807. The van der Waals surface area contributed by atoms with Crippen molar-refractivity contribution >= 4 is 35.3 Å². The Morgan fingerprint density at radius 3 is 2.71 bits per heavy atom. The van der Waals surface area contributed by atoms with Gasteiger partial charge in [0, 0.05) is 12.6 Å². The molecule has 0 aliphatic carbocycles. The zero-order chi connectivity index (χ0) is 17.9. The molecular formula is C16H18N2O6. The molecule has 0 aliphatic rings. The van der Waals surface area contributed by atoms with Crippen molar-refractivity contribution in [3.63, 3.8) is 0 Å². The maximum absolute atomic E-state index is 11.8. The second kappa shape index (κ2) is 6.69. The Balaban J connectivity index is 2.37. The molecule has 0 saturated heterocycles. The van der Waals surface area contributed by atoms with E-state index in [0.29, 0.717) is 12.8 Å². The molecule has 8 nitrogen and oxygen atoms in total. The van der Waals surface area contributed by atoms with Crippen molar-refractivity contribution < 1.29 is 28.6 Å². The first kappa shape index (κ1) is 17.5. The van der Waals surface area contributed by atoms with Crippen LogP contribution in [0.3, 0.4) is 0 Å². The SMILES string of the molecule is CC(C)(C)OC(=O)Nc1oc2cc(CCC=O)cnc2c1C(=O)O. The molecule has 0 aromatic carbocycles. The monoisotopic (exact) mass is 334 g/mol. The molecule has 2 heterocycles. The standard InChI is InChI=1S/C16H18N2O6/c1-16(2,3)24-15(22)18-13-11(14(20)21)12-10(23-13)7-9(8-17-12)5-4-6-19/h6-8H,4-5H2,1-3H3,(H,18,22)(H,20,21). The van der Waals surface area contributed by atoms with E-state index < -0.39 is 17.7 Å². The summed E-state index contributed by atoms with van der Waals surface area (Å²) < 4.78 is 10.5. The van der Waals surface area contributed by atoms with E-state index in [1.165, 1.54) is 6.20 Å². The number of hydrogen-bond donors (Lipinski definition) is 2. The smallest absolute Gasteiger partial charge is 0.414 e. The number of aromatic carboxylic acids is 1. The van der Waals surface area contributed by atoms with Gasteiger partial charge in [0.25, 0.3) is 0 Å². The molecule has 0 radical (unpaired) electrons. The molecule has 0 saturated carbocycles. The molecule has 2 rings (SSSR count). The van der Waals surface area contributed by atoms with Crippen molar-refractivity contribution in [3.8, 4) is 0 Å². The van der Waals surface area contributed by atoms with E-state index >= 15 is 0 Å². The third-order valence-electron chi connectivity index (χ3n) is 2.96. The average molecular weight is 334 g/mol. The van der Waals surface area contributed by atoms with Crippen molar-refractivity contribution in [2.24, 2.45) is 0 Å². The lowest BCUT2D eigenvalue weighted by Crippen LogP contribution is -2.27. The summed E-state index contributed by atoms with van der Waals surface area (Å²) in [5.74, 6) is -1.53. The first-order valence-electron chi connectivity index (χ1n) is 7.29. The second-order valence-electron chi connectivity index (χ2n) is 6.13. The highest BCUT2D eigenvalue weighted by molar-refractivity contribution is 6.07. The second-order valence-corrected chi connectivity index (χ2v) is 6.13.